The van der Waals surface area contributed by atoms with Crippen LogP contribution in [0.2, 0.25) is 0 Å². The topological polar surface area (TPSA) is 45.2 Å². The first-order valence-electron chi connectivity index (χ1n) is 6.14. The second-order valence-electron chi connectivity index (χ2n) is 4.31. The first-order chi connectivity index (χ1) is 9.11. The van der Waals surface area contributed by atoms with Crippen molar-refractivity contribution in [3.63, 3.8) is 0 Å². The Morgan fingerprint density at radius 3 is 3.00 bits per heavy atom. The van der Waals surface area contributed by atoms with Crippen molar-refractivity contribution >= 4 is 32.9 Å². The SMILES string of the molecule is CCN(C)C(=O)NCc1cc2cccnc2cc1Br. The largest absolute Gasteiger partial charge is 0.334 e. The van der Waals surface area contributed by atoms with Gasteiger partial charge in [0, 0.05) is 36.2 Å². The number of urea groups is 1. The highest BCUT2D eigenvalue weighted by Gasteiger charge is 2.08. The zero-order chi connectivity index (χ0) is 13.8. The molecule has 0 unspecified atom stereocenters. The lowest BCUT2D eigenvalue weighted by atomic mass is 10.1. The summed E-state index contributed by atoms with van der Waals surface area (Å²) in [5, 5.41) is 3.96. The van der Waals surface area contributed by atoms with Crippen LogP contribution in [0.4, 0.5) is 4.79 Å². The fourth-order valence-electron chi connectivity index (χ4n) is 1.73. The van der Waals surface area contributed by atoms with Crippen molar-refractivity contribution in [3.05, 3.63) is 40.5 Å². The number of carbonyl (C=O) groups is 1. The van der Waals surface area contributed by atoms with Crippen molar-refractivity contribution in [1.29, 1.82) is 0 Å². The van der Waals surface area contributed by atoms with Gasteiger partial charge in [0.1, 0.15) is 0 Å². The summed E-state index contributed by atoms with van der Waals surface area (Å²) < 4.78 is 0.957. The summed E-state index contributed by atoms with van der Waals surface area (Å²) in [4.78, 5) is 17.6. The highest BCUT2D eigenvalue weighted by atomic mass is 79.9. The molecule has 100 valence electrons. The van der Waals surface area contributed by atoms with Crippen LogP contribution in [0.3, 0.4) is 0 Å². The number of benzene rings is 1. The second-order valence-corrected chi connectivity index (χ2v) is 5.17. The normalized spacial score (nSPS) is 10.5. The molecule has 0 spiro atoms. The minimum Gasteiger partial charge on any atom is -0.334 e. The van der Waals surface area contributed by atoms with Gasteiger partial charge in [0.2, 0.25) is 0 Å². The summed E-state index contributed by atoms with van der Waals surface area (Å²) in [5.74, 6) is 0. The Morgan fingerprint density at radius 2 is 2.26 bits per heavy atom. The monoisotopic (exact) mass is 321 g/mol. The van der Waals surface area contributed by atoms with Gasteiger partial charge in [-0.15, -0.1) is 0 Å². The number of hydrogen-bond donors (Lipinski definition) is 1. The molecule has 5 heteroatoms. The number of halogens is 1. The van der Waals surface area contributed by atoms with Gasteiger partial charge in [0.05, 0.1) is 5.52 Å². The van der Waals surface area contributed by atoms with E-state index in [4.69, 9.17) is 0 Å². The Bertz CT molecular complexity index is 600. The average molecular weight is 322 g/mol. The Balaban J connectivity index is 2.16. The zero-order valence-electron chi connectivity index (χ0n) is 11.0. The smallest absolute Gasteiger partial charge is 0.317 e. The maximum Gasteiger partial charge on any atom is 0.317 e. The molecule has 4 nitrogen and oxygen atoms in total. The molecule has 0 aliphatic rings. The molecule has 1 aromatic carbocycles. The van der Waals surface area contributed by atoms with Gasteiger partial charge in [-0.2, -0.15) is 0 Å². The molecule has 0 aliphatic carbocycles. The van der Waals surface area contributed by atoms with E-state index >= 15 is 0 Å². The average Bonchev–Trinajstić information content (AvgIpc) is 2.43. The van der Waals surface area contributed by atoms with E-state index in [2.05, 4.69) is 26.2 Å². The predicted octanol–water partition coefficient (Wildman–Crippen LogP) is 3.16. The standard InChI is InChI=1S/C14H16BrN3O/c1-3-18(2)14(19)17-9-11-7-10-5-4-6-16-13(10)8-12(11)15/h4-8H,3,9H2,1-2H3,(H,17,19). The molecule has 0 saturated heterocycles. The molecule has 0 aliphatic heterocycles. The summed E-state index contributed by atoms with van der Waals surface area (Å²) in [7, 11) is 1.77. The van der Waals surface area contributed by atoms with E-state index in [-0.39, 0.29) is 6.03 Å². The number of nitrogens with one attached hydrogen (secondary N) is 1. The lowest BCUT2D eigenvalue weighted by Gasteiger charge is -2.16. The van der Waals surface area contributed by atoms with Gasteiger partial charge in [-0.1, -0.05) is 22.0 Å². The number of aromatic nitrogens is 1. The first kappa shape index (κ1) is 13.8. The van der Waals surface area contributed by atoms with E-state index in [1.807, 2.05) is 31.2 Å². The lowest BCUT2D eigenvalue weighted by Crippen LogP contribution is -2.36. The number of hydrogen-bond acceptors (Lipinski definition) is 2. The van der Waals surface area contributed by atoms with Crippen LogP contribution in [-0.4, -0.2) is 29.5 Å². The van der Waals surface area contributed by atoms with E-state index in [9.17, 15) is 4.79 Å². The number of carbonyl (C=O) groups excluding carboxylic acids is 1. The molecule has 2 aromatic rings. The maximum absolute atomic E-state index is 11.7. The van der Waals surface area contributed by atoms with Crippen LogP contribution in [0.25, 0.3) is 10.9 Å². The van der Waals surface area contributed by atoms with Crippen molar-refractivity contribution in [3.8, 4) is 0 Å². The molecule has 1 heterocycles. The molecule has 0 saturated carbocycles. The Hall–Kier alpha value is -1.62. The number of amides is 2. The quantitative estimate of drug-likeness (QED) is 0.943. The third-order valence-corrected chi connectivity index (χ3v) is 3.76. The van der Waals surface area contributed by atoms with Gasteiger partial charge in [-0.3, -0.25) is 4.98 Å². The Kier molecular flexibility index (Phi) is 4.37. The van der Waals surface area contributed by atoms with Crippen LogP contribution in [0.1, 0.15) is 12.5 Å². The van der Waals surface area contributed by atoms with E-state index in [1.54, 1.807) is 18.1 Å². The van der Waals surface area contributed by atoms with Gasteiger partial charge in [0.15, 0.2) is 0 Å². The van der Waals surface area contributed by atoms with E-state index in [0.29, 0.717) is 13.1 Å². The molecule has 0 bridgehead atoms. The number of rotatable bonds is 3. The van der Waals surface area contributed by atoms with Crippen LogP contribution >= 0.6 is 15.9 Å². The van der Waals surface area contributed by atoms with Crippen LogP contribution in [0, 0.1) is 0 Å². The fraction of sp³-hybridized carbons (Fsp3) is 0.286. The molecule has 1 N–H and O–H groups in total. The molecule has 19 heavy (non-hydrogen) atoms. The third kappa shape index (κ3) is 3.23. The van der Waals surface area contributed by atoms with Gasteiger partial charge in [0.25, 0.3) is 0 Å². The minimum absolute atomic E-state index is 0.0688. The number of nitrogens with zero attached hydrogens (tertiary/aromatic N) is 2. The van der Waals surface area contributed by atoms with Gasteiger partial charge in [-0.25, -0.2) is 4.79 Å². The van der Waals surface area contributed by atoms with Crippen LogP contribution < -0.4 is 5.32 Å². The molecule has 0 atom stereocenters. The highest BCUT2D eigenvalue weighted by Crippen LogP contribution is 2.23. The molecule has 2 rings (SSSR count). The molecule has 0 fully saturated rings. The zero-order valence-corrected chi connectivity index (χ0v) is 12.6. The highest BCUT2D eigenvalue weighted by molar-refractivity contribution is 9.10. The molecule has 2 amide bonds. The second kappa shape index (κ2) is 6.02. The summed E-state index contributed by atoms with van der Waals surface area (Å²) in [6.07, 6.45) is 1.77. The summed E-state index contributed by atoms with van der Waals surface area (Å²) >= 11 is 3.52. The van der Waals surface area contributed by atoms with Crippen molar-refractivity contribution in [2.75, 3.05) is 13.6 Å². The van der Waals surface area contributed by atoms with Gasteiger partial charge >= 0.3 is 6.03 Å². The van der Waals surface area contributed by atoms with E-state index in [0.717, 1.165) is 20.9 Å². The summed E-state index contributed by atoms with van der Waals surface area (Å²) in [6, 6.07) is 7.86. The number of fused-ring (bicyclic) bond motifs is 1. The van der Waals surface area contributed by atoms with E-state index < -0.39 is 0 Å². The van der Waals surface area contributed by atoms with Crippen LogP contribution in [-0.2, 0) is 6.54 Å². The fourth-order valence-corrected chi connectivity index (χ4v) is 2.20. The molecule has 1 aromatic heterocycles. The van der Waals surface area contributed by atoms with Crippen molar-refractivity contribution in [2.45, 2.75) is 13.5 Å². The summed E-state index contributed by atoms with van der Waals surface area (Å²) in [6.45, 7) is 3.13. The van der Waals surface area contributed by atoms with Crippen LogP contribution in [0.5, 0.6) is 0 Å². The molecular formula is C14H16BrN3O. The van der Waals surface area contributed by atoms with Gasteiger partial charge in [-0.05, 0) is 30.7 Å². The van der Waals surface area contributed by atoms with Crippen molar-refractivity contribution in [2.24, 2.45) is 0 Å². The van der Waals surface area contributed by atoms with Crippen molar-refractivity contribution < 1.29 is 4.79 Å². The first-order valence-corrected chi connectivity index (χ1v) is 6.93. The Labute approximate surface area is 120 Å². The lowest BCUT2D eigenvalue weighted by molar-refractivity contribution is 0.210. The minimum atomic E-state index is -0.0688. The van der Waals surface area contributed by atoms with Gasteiger partial charge < -0.3 is 10.2 Å². The maximum atomic E-state index is 11.7. The molecular weight excluding hydrogens is 306 g/mol. The third-order valence-electron chi connectivity index (χ3n) is 3.02. The predicted molar refractivity (Wildman–Crippen MR) is 80.0 cm³/mol. The van der Waals surface area contributed by atoms with Crippen molar-refractivity contribution in [1.82, 2.24) is 15.2 Å². The summed E-state index contributed by atoms with van der Waals surface area (Å²) in [5.41, 5.74) is 1.98. The number of pyridine rings is 1. The van der Waals surface area contributed by atoms with Crippen LogP contribution in [0.15, 0.2) is 34.9 Å². The molecule has 0 radical (unpaired) electrons. The Morgan fingerprint density at radius 1 is 1.47 bits per heavy atom. The van der Waals surface area contributed by atoms with E-state index in [1.165, 1.54) is 0 Å².